The van der Waals surface area contributed by atoms with Crippen molar-refractivity contribution in [1.82, 2.24) is 0 Å². The minimum absolute atomic E-state index is 0.0259. The van der Waals surface area contributed by atoms with Crippen molar-refractivity contribution in [3.8, 4) is 0 Å². The van der Waals surface area contributed by atoms with Crippen LogP contribution in [0.4, 0.5) is 8.78 Å². The van der Waals surface area contributed by atoms with Crippen molar-refractivity contribution in [1.29, 1.82) is 0 Å². The van der Waals surface area contributed by atoms with Gasteiger partial charge in [-0.2, -0.15) is 0 Å². The van der Waals surface area contributed by atoms with Crippen molar-refractivity contribution in [3.05, 3.63) is 35.4 Å². The molecule has 20 heavy (non-hydrogen) atoms. The van der Waals surface area contributed by atoms with Gasteiger partial charge in [0.25, 0.3) is 0 Å². The van der Waals surface area contributed by atoms with Crippen molar-refractivity contribution in [2.45, 2.75) is 58.0 Å². The molecule has 0 radical (unpaired) electrons. The zero-order valence-corrected chi connectivity index (χ0v) is 12.3. The Labute approximate surface area is 120 Å². The van der Waals surface area contributed by atoms with E-state index in [9.17, 15) is 13.9 Å². The summed E-state index contributed by atoms with van der Waals surface area (Å²) >= 11 is 0. The number of hydrogen-bond donors (Lipinski definition) is 1. The average molecular weight is 282 g/mol. The smallest absolute Gasteiger partial charge is 0.129 e. The van der Waals surface area contributed by atoms with E-state index in [1.807, 2.05) is 0 Å². The third-order valence-electron chi connectivity index (χ3n) is 4.71. The normalized spacial score (nSPS) is 27.6. The van der Waals surface area contributed by atoms with E-state index in [0.717, 1.165) is 19.3 Å². The molecular weight excluding hydrogens is 258 g/mol. The maximum Gasteiger partial charge on any atom is 0.129 e. The summed E-state index contributed by atoms with van der Waals surface area (Å²) in [6.45, 7) is 4.40. The lowest BCUT2D eigenvalue weighted by molar-refractivity contribution is 0.0221. The standard InChI is InChI=1S/C17H24F2O/c1-12(2)13-5-4-9-17(20,10-8-13)11-14-15(18)6-3-7-16(14)19/h3,6-7,12-13,20H,4-5,8-11H2,1-2H3. The molecule has 3 heteroatoms. The Morgan fingerprint density at radius 1 is 1.20 bits per heavy atom. The summed E-state index contributed by atoms with van der Waals surface area (Å²) < 4.78 is 27.5. The molecule has 1 aromatic carbocycles. The summed E-state index contributed by atoms with van der Waals surface area (Å²) in [5.74, 6) is 0.100. The Morgan fingerprint density at radius 2 is 1.85 bits per heavy atom. The van der Waals surface area contributed by atoms with Crippen molar-refractivity contribution >= 4 is 0 Å². The molecule has 0 saturated heterocycles. The lowest BCUT2D eigenvalue weighted by atomic mass is 9.85. The second-order valence-corrected chi connectivity index (χ2v) is 6.54. The molecule has 2 rings (SSSR count). The number of benzene rings is 1. The van der Waals surface area contributed by atoms with Crippen molar-refractivity contribution < 1.29 is 13.9 Å². The van der Waals surface area contributed by atoms with Crippen LogP contribution >= 0.6 is 0 Å². The molecule has 1 fully saturated rings. The van der Waals surface area contributed by atoms with Gasteiger partial charge in [-0.1, -0.05) is 32.8 Å². The Bertz CT molecular complexity index is 438. The maximum atomic E-state index is 13.7. The van der Waals surface area contributed by atoms with Crippen LogP contribution in [-0.2, 0) is 6.42 Å². The Kier molecular flexibility index (Phi) is 4.79. The van der Waals surface area contributed by atoms with Gasteiger partial charge >= 0.3 is 0 Å². The molecule has 1 aromatic rings. The van der Waals surface area contributed by atoms with Gasteiger partial charge in [0.15, 0.2) is 0 Å². The highest BCUT2D eigenvalue weighted by atomic mass is 19.1. The van der Waals surface area contributed by atoms with Crippen molar-refractivity contribution in [2.75, 3.05) is 0 Å². The summed E-state index contributed by atoms with van der Waals surface area (Å²) in [5, 5.41) is 10.7. The summed E-state index contributed by atoms with van der Waals surface area (Å²) in [4.78, 5) is 0. The molecule has 0 amide bonds. The van der Waals surface area contributed by atoms with E-state index < -0.39 is 17.2 Å². The van der Waals surface area contributed by atoms with Gasteiger partial charge in [-0.05, 0) is 43.2 Å². The Hall–Kier alpha value is -0.960. The maximum absolute atomic E-state index is 13.7. The lowest BCUT2D eigenvalue weighted by Gasteiger charge is -2.27. The molecule has 0 aromatic heterocycles. The summed E-state index contributed by atoms with van der Waals surface area (Å²) in [5.41, 5.74) is -0.940. The fraction of sp³-hybridized carbons (Fsp3) is 0.647. The van der Waals surface area contributed by atoms with Gasteiger partial charge in [-0.3, -0.25) is 0 Å². The van der Waals surface area contributed by atoms with E-state index in [1.54, 1.807) is 0 Å². The highest BCUT2D eigenvalue weighted by Crippen LogP contribution is 2.36. The van der Waals surface area contributed by atoms with E-state index in [2.05, 4.69) is 13.8 Å². The molecule has 1 aliphatic rings. The van der Waals surface area contributed by atoms with Crippen LogP contribution in [0.25, 0.3) is 0 Å². The van der Waals surface area contributed by atoms with Crippen LogP contribution in [-0.4, -0.2) is 10.7 Å². The van der Waals surface area contributed by atoms with Crippen LogP contribution in [0.2, 0.25) is 0 Å². The Morgan fingerprint density at radius 3 is 2.45 bits per heavy atom. The van der Waals surface area contributed by atoms with Gasteiger partial charge in [0.2, 0.25) is 0 Å². The van der Waals surface area contributed by atoms with Gasteiger partial charge in [0, 0.05) is 12.0 Å². The quantitative estimate of drug-likeness (QED) is 0.811. The summed E-state index contributed by atoms with van der Waals surface area (Å²) in [6.07, 6.45) is 4.29. The van der Waals surface area contributed by atoms with E-state index in [0.29, 0.717) is 24.7 Å². The van der Waals surface area contributed by atoms with Crippen molar-refractivity contribution in [3.63, 3.8) is 0 Å². The first-order chi connectivity index (χ1) is 9.41. The third-order valence-corrected chi connectivity index (χ3v) is 4.71. The first-order valence-corrected chi connectivity index (χ1v) is 7.56. The highest BCUT2D eigenvalue weighted by molar-refractivity contribution is 5.21. The summed E-state index contributed by atoms with van der Waals surface area (Å²) in [7, 11) is 0. The molecule has 1 nitrogen and oxygen atoms in total. The van der Waals surface area contributed by atoms with Gasteiger partial charge in [-0.15, -0.1) is 0 Å². The zero-order valence-electron chi connectivity index (χ0n) is 12.3. The fourth-order valence-corrected chi connectivity index (χ4v) is 3.29. The molecular formula is C17H24F2O. The zero-order chi connectivity index (χ0) is 14.8. The first kappa shape index (κ1) is 15.4. The number of rotatable bonds is 3. The number of hydrogen-bond acceptors (Lipinski definition) is 1. The summed E-state index contributed by atoms with van der Waals surface area (Å²) in [6, 6.07) is 3.88. The van der Waals surface area contributed by atoms with Crippen LogP contribution in [0, 0.1) is 23.5 Å². The van der Waals surface area contributed by atoms with Crippen molar-refractivity contribution in [2.24, 2.45) is 11.8 Å². The van der Waals surface area contributed by atoms with Crippen LogP contribution in [0.15, 0.2) is 18.2 Å². The molecule has 1 saturated carbocycles. The topological polar surface area (TPSA) is 20.2 Å². The number of aliphatic hydroxyl groups is 1. The molecule has 1 N–H and O–H groups in total. The van der Waals surface area contributed by atoms with Gasteiger partial charge in [-0.25, -0.2) is 8.78 Å². The SMILES string of the molecule is CC(C)C1CCCC(O)(Cc2c(F)cccc2F)CC1. The molecule has 2 atom stereocenters. The molecule has 112 valence electrons. The largest absolute Gasteiger partial charge is 0.390 e. The minimum Gasteiger partial charge on any atom is -0.390 e. The van der Waals surface area contributed by atoms with E-state index in [1.165, 1.54) is 18.2 Å². The van der Waals surface area contributed by atoms with E-state index >= 15 is 0 Å². The number of halogens is 2. The fourth-order valence-electron chi connectivity index (χ4n) is 3.29. The van der Waals surface area contributed by atoms with Crippen LogP contribution in [0.1, 0.15) is 51.5 Å². The second-order valence-electron chi connectivity index (χ2n) is 6.54. The predicted octanol–water partition coefficient (Wildman–Crippen LogP) is 4.47. The van der Waals surface area contributed by atoms with Crippen LogP contribution in [0.3, 0.4) is 0 Å². The minimum atomic E-state index is -0.966. The second kappa shape index (κ2) is 6.21. The molecule has 0 aliphatic heterocycles. The predicted molar refractivity (Wildman–Crippen MR) is 76.4 cm³/mol. The highest BCUT2D eigenvalue weighted by Gasteiger charge is 2.33. The van der Waals surface area contributed by atoms with E-state index in [-0.39, 0.29) is 12.0 Å². The van der Waals surface area contributed by atoms with E-state index in [4.69, 9.17) is 0 Å². The monoisotopic (exact) mass is 282 g/mol. The molecule has 2 unspecified atom stereocenters. The van der Waals surface area contributed by atoms with Gasteiger partial charge < -0.3 is 5.11 Å². The molecule has 0 bridgehead atoms. The average Bonchev–Trinajstić information content (AvgIpc) is 2.57. The van der Waals surface area contributed by atoms with Crippen LogP contribution < -0.4 is 0 Å². The van der Waals surface area contributed by atoms with Gasteiger partial charge in [0.1, 0.15) is 11.6 Å². The van der Waals surface area contributed by atoms with Gasteiger partial charge in [0.05, 0.1) is 5.60 Å². The molecule has 1 aliphatic carbocycles. The first-order valence-electron chi connectivity index (χ1n) is 7.56. The van der Waals surface area contributed by atoms with Crippen LogP contribution in [0.5, 0.6) is 0 Å². The Balaban J connectivity index is 2.11. The lowest BCUT2D eigenvalue weighted by Crippen LogP contribution is -2.31. The third kappa shape index (κ3) is 3.57. The molecule has 0 spiro atoms. The molecule has 0 heterocycles.